The molecule has 0 amide bonds. The van der Waals surface area contributed by atoms with Gasteiger partial charge in [-0.25, -0.2) is 4.39 Å². The maximum absolute atomic E-state index is 15.5. The second-order valence-electron chi connectivity index (χ2n) is 9.93. The molecule has 4 aromatic carbocycles. The van der Waals surface area contributed by atoms with Gasteiger partial charge in [0.2, 0.25) is 11.9 Å². The van der Waals surface area contributed by atoms with E-state index in [-0.39, 0.29) is 5.69 Å². The molecule has 0 aliphatic heterocycles. The summed E-state index contributed by atoms with van der Waals surface area (Å²) in [4.78, 5) is 0. The van der Waals surface area contributed by atoms with E-state index in [1.54, 1.807) is 26.1 Å². The summed E-state index contributed by atoms with van der Waals surface area (Å²) in [6.07, 6.45) is 0.980. The van der Waals surface area contributed by atoms with Crippen molar-refractivity contribution in [2.45, 2.75) is 26.5 Å². The summed E-state index contributed by atoms with van der Waals surface area (Å²) in [6, 6.07) is 24.0. The molecule has 0 fully saturated rings. The lowest BCUT2D eigenvalue weighted by Crippen LogP contribution is -2.32. The van der Waals surface area contributed by atoms with E-state index in [9.17, 15) is 5.26 Å². The zero-order chi connectivity index (χ0) is 33.6. The minimum atomic E-state index is -3.37. The fourth-order valence-electron chi connectivity index (χ4n) is 5.64. The van der Waals surface area contributed by atoms with Crippen LogP contribution in [0.25, 0.3) is 66.3 Å². The van der Waals surface area contributed by atoms with Crippen molar-refractivity contribution in [3.63, 3.8) is 0 Å². The molecule has 4 nitrogen and oxygen atoms in total. The van der Waals surface area contributed by atoms with E-state index in [0.29, 0.717) is 55.3 Å². The number of nitrogens with zero attached hydrogens (tertiary/aromatic N) is 2. The van der Waals surface area contributed by atoms with Crippen molar-refractivity contribution in [1.82, 2.24) is 0 Å². The van der Waals surface area contributed by atoms with Crippen LogP contribution in [0.4, 0.5) is 4.39 Å². The predicted octanol–water partition coefficient (Wildman–Crippen LogP) is 9.09. The van der Waals surface area contributed by atoms with Gasteiger partial charge in [0, 0.05) is 48.3 Å². The van der Waals surface area contributed by atoms with Gasteiger partial charge in [-0.15, -0.1) is 0 Å². The van der Waals surface area contributed by atoms with Crippen molar-refractivity contribution in [3.8, 4) is 28.5 Å². The lowest BCUT2D eigenvalue weighted by molar-refractivity contribution is -0.662. The van der Waals surface area contributed by atoms with E-state index in [1.165, 1.54) is 4.57 Å². The van der Waals surface area contributed by atoms with Crippen molar-refractivity contribution in [2.75, 3.05) is 0 Å². The summed E-state index contributed by atoms with van der Waals surface area (Å²) >= 11 is 0. The van der Waals surface area contributed by atoms with E-state index in [2.05, 4.69) is 6.07 Å². The van der Waals surface area contributed by atoms with E-state index in [4.69, 9.17) is 18.4 Å². The number of pyridine rings is 1. The van der Waals surface area contributed by atoms with Crippen molar-refractivity contribution >= 4 is 43.9 Å². The Kier molecular flexibility index (Phi) is 3.87. The average molecular weight is 533 g/mol. The van der Waals surface area contributed by atoms with Crippen molar-refractivity contribution in [2.24, 2.45) is 7.05 Å². The van der Waals surface area contributed by atoms with E-state index >= 15 is 4.39 Å². The molecule has 40 heavy (non-hydrogen) atoms. The molecule has 0 N–H and O–H groups in total. The van der Waals surface area contributed by atoms with Gasteiger partial charge in [-0.3, -0.25) is 0 Å². The maximum Gasteiger partial charge on any atom is 0.216 e. The molecule has 0 bridgehead atoms. The van der Waals surface area contributed by atoms with Gasteiger partial charge in [-0.05, 0) is 54.3 Å². The zero-order valence-electron chi connectivity index (χ0n) is 28.6. The number of furan rings is 2. The highest BCUT2D eigenvalue weighted by Crippen LogP contribution is 2.43. The first-order valence-corrected chi connectivity index (χ1v) is 12.7. The fourth-order valence-corrected chi connectivity index (χ4v) is 5.64. The molecule has 7 rings (SSSR count). The van der Waals surface area contributed by atoms with Gasteiger partial charge >= 0.3 is 0 Å². The minimum absolute atomic E-state index is 0.249. The second kappa shape index (κ2) is 8.79. The molecule has 3 aromatic heterocycles. The smallest absolute Gasteiger partial charge is 0.216 e. The number of para-hydroxylation sites is 1. The normalized spacial score (nSPS) is 15.3. The van der Waals surface area contributed by atoms with Crippen LogP contribution in [-0.4, -0.2) is 0 Å². The Morgan fingerprint density at radius 2 is 1.60 bits per heavy atom. The summed E-state index contributed by atoms with van der Waals surface area (Å²) in [5, 5.41) is 13.4. The van der Waals surface area contributed by atoms with Crippen molar-refractivity contribution < 1.29 is 27.4 Å². The number of halogens is 1. The summed E-state index contributed by atoms with van der Waals surface area (Å²) in [7, 11) is 1.54. The topological polar surface area (TPSA) is 54.0 Å². The largest absolute Gasteiger partial charge is 0.456 e. The summed E-state index contributed by atoms with van der Waals surface area (Å²) < 4.78 is 85.9. The summed E-state index contributed by atoms with van der Waals surface area (Å²) in [5.74, 6) is -4.37. The Bertz CT molecular complexity index is 2450. The SMILES string of the molecule is [2H]C([2H])([2H])C([2H])(c1cc(-c2c(C)ccc3c2oc2c(-c4ccc5c(c4)oc4ccccc45)c(C#N)ccc23)[n+](C)cc1F)C([2H])([2H])[2H]. The lowest BCUT2D eigenvalue weighted by atomic mass is 9.95. The Labute approximate surface area is 240 Å². The number of nitriles is 1. The van der Waals surface area contributed by atoms with E-state index in [0.717, 1.165) is 28.6 Å². The third-order valence-electron chi connectivity index (χ3n) is 7.56. The third-order valence-corrected chi connectivity index (χ3v) is 7.56. The van der Waals surface area contributed by atoms with Crippen LogP contribution in [-0.2, 0) is 7.05 Å². The van der Waals surface area contributed by atoms with Gasteiger partial charge in [0.25, 0.3) is 0 Å². The van der Waals surface area contributed by atoms with Gasteiger partial charge < -0.3 is 8.83 Å². The van der Waals surface area contributed by atoms with Gasteiger partial charge in [-0.1, -0.05) is 50.1 Å². The molecule has 0 aliphatic carbocycles. The van der Waals surface area contributed by atoms with Crippen LogP contribution in [0.1, 0.15) is 45.9 Å². The molecule has 7 aromatic rings. The van der Waals surface area contributed by atoms with Crippen LogP contribution in [0, 0.1) is 24.1 Å². The van der Waals surface area contributed by atoms with E-state index in [1.807, 2.05) is 54.6 Å². The Morgan fingerprint density at radius 1 is 0.875 bits per heavy atom. The highest BCUT2D eigenvalue weighted by Gasteiger charge is 2.25. The number of hydrogen-bond acceptors (Lipinski definition) is 3. The van der Waals surface area contributed by atoms with Crippen molar-refractivity contribution in [1.29, 1.82) is 5.26 Å². The number of aromatic nitrogens is 1. The molecule has 3 heterocycles. The predicted molar refractivity (Wildman–Crippen MR) is 157 cm³/mol. The van der Waals surface area contributed by atoms with Crippen LogP contribution in [0.5, 0.6) is 0 Å². The molecule has 0 unspecified atom stereocenters. The van der Waals surface area contributed by atoms with Crippen LogP contribution in [0.2, 0.25) is 0 Å². The Hall–Kier alpha value is -4.95. The quantitative estimate of drug-likeness (QED) is 0.213. The fraction of sp³-hybridized carbons (Fsp3) is 0.143. The van der Waals surface area contributed by atoms with Gasteiger partial charge in [0.1, 0.15) is 29.4 Å². The van der Waals surface area contributed by atoms with Gasteiger partial charge in [0.15, 0.2) is 5.82 Å². The summed E-state index contributed by atoms with van der Waals surface area (Å²) in [6.45, 7) is -4.95. The molecule has 5 heteroatoms. The zero-order valence-corrected chi connectivity index (χ0v) is 21.6. The maximum atomic E-state index is 15.5. The second-order valence-corrected chi connectivity index (χ2v) is 9.93. The highest BCUT2D eigenvalue weighted by atomic mass is 19.1. The first-order chi connectivity index (χ1) is 22.2. The van der Waals surface area contributed by atoms with Crippen LogP contribution in [0.3, 0.4) is 0 Å². The van der Waals surface area contributed by atoms with Crippen LogP contribution >= 0.6 is 0 Å². The average Bonchev–Trinajstić information content (AvgIpc) is 3.57. The van der Waals surface area contributed by atoms with Crippen LogP contribution < -0.4 is 4.57 Å². The lowest BCUT2D eigenvalue weighted by Gasteiger charge is -2.10. The Morgan fingerprint density at radius 3 is 2.40 bits per heavy atom. The number of aryl methyl sites for hydroxylation is 2. The molecule has 0 saturated heterocycles. The molecule has 0 atom stereocenters. The first-order valence-electron chi connectivity index (χ1n) is 16.2. The third kappa shape index (κ3) is 3.46. The monoisotopic (exact) mass is 532 g/mol. The first kappa shape index (κ1) is 17.6. The van der Waals surface area contributed by atoms with E-state index < -0.39 is 31.0 Å². The standard InChI is InChI=1S/C35H26FN2O2/c1-19(2)27-16-29(38(4)18-28(27)36)32-20(3)9-12-25-26-14-11-22(17-37)33(35(26)40-34(25)32)21-10-13-24-23-7-5-6-8-30(23)39-31(24)15-21/h5-16,18-19H,1-4H3/q+1/i1D3,2D3,19D. The van der Waals surface area contributed by atoms with Gasteiger partial charge in [0.05, 0.1) is 17.2 Å². The molecule has 0 saturated carbocycles. The van der Waals surface area contributed by atoms with Crippen molar-refractivity contribution in [3.05, 3.63) is 102 Å². The molecule has 0 radical (unpaired) electrons. The highest BCUT2D eigenvalue weighted by molar-refractivity contribution is 6.14. The molecular weight excluding hydrogens is 499 g/mol. The minimum Gasteiger partial charge on any atom is -0.456 e. The molecule has 0 aliphatic rings. The Balaban J connectivity index is 1.52. The number of rotatable bonds is 3. The van der Waals surface area contributed by atoms with Gasteiger partial charge in [-0.2, -0.15) is 9.83 Å². The number of benzene rings is 4. The number of hydrogen-bond donors (Lipinski definition) is 0. The molecular formula is C35H26FN2O2+. The molecule has 0 spiro atoms. The van der Waals surface area contributed by atoms with Crippen LogP contribution in [0.15, 0.2) is 87.8 Å². The number of fused-ring (bicyclic) bond motifs is 6. The molecule has 194 valence electrons. The summed E-state index contributed by atoms with van der Waals surface area (Å²) in [5.41, 5.74) is 4.39.